The van der Waals surface area contributed by atoms with Crippen LogP contribution in [-0.2, 0) is 6.18 Å². The number of halogens is 5. The average molecular weight is 315 g/mol. The van der Waals surface area contributed by atoms with Crippen molar-refractivity contribution in [2.75, 3.05) is 0 Å². The first-order valence-electron chi connectivity index (χ1n) is 3.33. The molecule has 0 aliphatic carbocycles. The predicted octanol–water partition coefficient (Wildman–Crippen LogP) is 3.32. The molecule has 0 radical (unpaired) electrons. The zero-order valence-electron chi connectivity index (χ0n) is 6.49. The van der Waals surface area contributed by atoms with E-state index in [0.29, 0.717) is 0 Å². The molecule has 0 atom stereocenters. The molecule has 6 heteroatoms. The van der Waals surface area contributed by atoms with Gasteiger partial charge in [0.15, 0.2) is 0 Å². The summed E-state index contributed by atoms with van der Waals surface area (Å²) in [6, 6.07) is 3.04. The molecule has 0 aliphatic heterocycles. The van der Waals surface area contributed by atoms with Gasteiger partial charge < -0.3 is 0 Å². The zero-order chi connectivity index (χ0) is 10.9. The Balaban J connectivity index is 3.54. The van der Waals surface area contributed by atoms with Crippen LogP contribution in [0.25, 0.3) is 0 Å². The van der Waals surface area contributed by atoms with Crippen LogP contribution < -0.4 is 0 Å². The smallest absolute Gasteiger partial charge is 0.206 e. The van der Waals surface area contributed by atoms with Gasteiger partial charge in [-0.2, -0.15) is 18.4 Å². The van der Waals surface area contributed by atoms with Crippen molar-refractivity contribution in [3.8, 4) is 6.07 Å². The lowest BCUT2D eigenvalue weighted by Crippen LogP contribution is -2.11. The number of hydrogen-bond acceptors (Lipinski definition) is 1. The lowest BCUT2D eigenvalue weighted by atomic mass is 10.1. The molecule has 74 valence electrons. The highest BCUT2D eigenvalue weighted by Gasteiger charge is 2.37. The van der Waals surface area contributed by atoms with E-state index in [4.69, 9.17) is 5.26 Å². The highest BCUT2D eigenvalue weighted by Crippen LogP contribution is 2.36. The van der Waals surface area contributed by atoms with Crippen LogP contribution in [0.15, 0.2) is 12.1 Å². The fraction of sp³-hybridized carbons (Fsp3) is 0.125. The molecular weight excluding hydrogens is 313 g/mol. The Bertz CT molecular complexity index is 405. The summed E-state index contributed by atoms with van der Waals surface area (Å²) in [5, 5.41) is 8.42. The Labute approximate surface area is 90.5 Å². The summed E-state index contributed by atoms with van der Waals surface area (Å²) in [4.78, 5) is 0. The summed E-state index contributed by atoms with van der Waals surface area (Å²) in [6.07, 6.45) is -4.70. The van der Waals surface area contributed by atoms with Gasteiger partial charge in [-0.05, 0) is 34.7 Å². The molecule has 0 heterocycles. The molecule has 1 nitrogen and oxygen atoms in total. The molecule has 0 aliphatic rings. The van der Waals surface area contributed by atoms with Gasteiger partial charge in [-0.1, -0.05) is 0 Å². The van der Waals surface area contributed by atoms with Gasteiger partial charge >= 0.3 is 6.18 Å². The second-order valence-electron chi connectivity index (χ2n) is 2.39. The number of rotatable bonds is 0. The fourth-order valence-electron chi connectivity index (χ4n) is 0.921. The van der Waals surface area contributed by atoms with Gasteiger partial charge in [0.1, 0.15) is 5.82 Å². The van der Waals surface area contributed by atoms with Gasteiger partial charge in [-0.25, -0.2) is 4.39 Å². The third-order valence-corrected chi connectivity index (χ3v) is 2.55. The van der Waals surface area contributed by atoms with E-state index in [1.807, 2.05) is 0 Å². The van der Waals surface area contributed by atoms with E-state index in [-0.39, 0.29) is 0 Å². The number of nitrogens with zero attached hydrogens (tertiary/aromatic N) is 1. The molecule has 0 unspecified atom stereocenters. The minimum Gasteiger partial charge on any atom is -0.206 e. The molecule has 0 spiro atoms. The van der Waals surface area contributed by atoms with Crippen LogP contribution >= 0.6 is 22.6 Å². The Morgan fingerprint density at radius 2 is 1.86 bits per heavy atom. The van der Waals surface area contributed by atoms with E-state index < -0.39 is 26.7 Å². The van der Waals surface area contributed by atoms with Crippen molar-refractivity contribution < 1.29 is 17.6 Å². The Kier molecular flexibility index (Phi) is 2.99. The second kappa shape index (κ2) is 3.73. The maximum Gasteiger partial charge on any atom is 0.418 e. The molecular formula is C8H2F4IN. The Morgan fingerprint density at radius 1 is 1.29 bits per heavy atom. The molecule has 0 saturated heterocycles. The molecule has 0 fully saturated rings. The van der Waals surface area contributed by atoms with Crippen LogP contribution in [0.2, 0.25) is 0 Å². The highest BCUT2D eigenvalue weighted by molar-refractivity contribution is 14.1. The van der Waals surface area contributed by atoms with Crippen molar-refractivity contribution in [3.63, 3.8) is 0 Å². The quantitative estimate of drug-likeness (QED) is 0.532. The number of alkyl halides is 3. The van der Waals surface area contributed by atoms with Gasteiger partial charge in [0.25, 0.3) is 0 Å². The highest BCUT2D eigenvalue weighted by atomic mass is 127. The molecule has 0 saturated carbocycles. The SMILES string of the molecule is N#Cc1ccc(F)c(I)c1C(F)(F)F. The van der Waals surface area contributed by atoms with Crippen LogP contribution in [0.4, 0.5) is 17.6 Å². The van der Waals surface area contributed by atoms with Crippen molar-refractivity contribution in [1.29, 1.82) is 5.26 Å². The van der Waals surface area contributed by atoms with E-state index in [1.165, 1.54) is 28.7 Å². The van der Waals surface area contributed by atoms with Crippen molar-refractivity contribution >= 4 is 22.6 Å². The summed E-state index contributed by atoms with van der Waals surface area (Å²) in [5.74, 6) is -0.975. The average Bonchev–Trinajstić information content (AvgIpc) is 2.07. The van der Waals surface area contributed by atoms with Crippen LogP contribution in [0.1, 0.15) is 11.1 Å². The third kappa shape index (κ3) is 1.97. The molecule has 0 aromatic heterocycles. The minimum atomic E-state index is -4.70. The van der Waals surface area contributed by atoms with E-state index in [2.05, 4.69) is 0 Å². The van der Waals surface area contributed by atoms with Crippen LogP contribution in [-0.4, -0.2) is 0 Å². The number of hydrogen-bond donors (Lipinski definition) is 0. The summed E-state index contributed by atoms with van der Waals surface area (Å²) in [7, 11) is 0. The van der Waals surface area contributed by atoms with Crippen LogP contribution in [0.5, 0.6) is 0 Å². The summed E-state index contributed by atoms with van der Waals surface area (Å²) in [6.45, 7) is 0. The first-order chi connectivity index (χ1) is 6.38. The van der Waals surface area contributed by atoms with Gasteiger partial charge in [0.2, 0.25) is 0 Å². The Hall–Kier alpha value is -0.840. The van der Waals surface area contributed by atoms with Gasteiger partial charge in [-0.15, -0.1) is 0 Å². The fourth-order valence-corrected chi connectivity index (χ4v) is 1.70. The predicted molar refractivity (Wildman–Crippen MR) is 48.8 cm³/mol. The lowest BCUT2D eigenvalue weighted by Gasteiger charge is -2.10. The standard InChI is InChI=1S/C8H2F4IN/c9-5-2-1-4(3-14)6(7(5)13)8(10,11)12/h1-2H. The van der Waals surface area contributed by atoms with E-state index in [0.717, 1.165) is 12.1 Å². The van der Waals surface area contributed by atoms with Crippen LogP contribution in [0.3, 0.4) is 0 Å². The van der Waals surface area contributed by atoms with Crippen molar-refractivity contribution in [2.24, 2.45) is 0 Å². The maximum absolute atomic E-state index is 12.8. The number of benzene rings is 1. The zero-order valence-corrected chi connectivity index (χ0v) is 8.65. The van der Waals surface area contributed by atoms with Crippen molar-refractivity contribution in [1.82, 2.24) is 0 Å². The van der Waals surface area contributed by atoms with Crippen LogP contribution in [0, 0.1) is 20.7 Å². The van der Waals surface area contributed by atoms with Gasteiger partial charge in [0, 0.05) is 0 Å². The minimum absolute atomic E-state index is 0.566. The van der Waals surface area contributed by atoms with Gasteiger partial charge in [0.05, 0.1) is 20.8 Å². The summed E-state index contributed by atoms with van der Waals surface area (Å²) in [5.41, 5.74) is -1.77. The molecule has 1 aromatic carbocycles. The summed E-state index contributed by atoms with van der Waals surface area (Å²) >= 11 is 1.23. The molecule has 0 bridgehead atoms. The molecule has 0 amide bonds. The van der Waals surface area contributed by atoms with Crippen molar-refractivity contribution in [2.45, 2.75) is 6.18 Å². The molecule has 14 heavy (non-hydrogen) atoms. The topological polar surface area (TPSA) is 23.8 Å². The van der Waals surface area contributed by atoms with E-state index in [9.17, 15) is 17.6 Å². The maximum atomic E-state index is 12.8. The van der Waals surface area contributed by atoms with Crippen molar-refractivity contribution in [3.05, 3.63) is 32.6 Å². The second-order valence-corrected chi connectivity index (χ2v) is 3.47. The molecule has 1 rings (SSSR count). The third-order valence-electron chi connectivity index (χ3n) is 1.50. The van der Waals surface area contributed by atoms with E-state index in [1.54, 1.807) is 0 Å². The lowest BCUT2D eigenvalue weighted by molar-refractivity contribution is -0.138. The molecule has 1 aromatic rings. The normalized spacial score (nSPS) is 11.1. The largest absolute Gasteiger partial charge is 0.418 e. The first kappa shape index (κ1) is 11.2. The Morgan fingerprint density at radius 3 is 2.29 bits per heavy atom. The first-order valence-corrected chi connectivity index (χ1v) is 4.41. The monoisotopic (exact) mass is 315 g/mol. The number of nitriles is 1. The van der Waals surface area contributed by atoms with Gasteiger partial charge in [-0.3, -0.25) is 0 Å². The van der Waals surface area contributed by atoms with E-state index >= 15 is 0 Å². The summed E-state index contributed by atoms with van der Waals surface area (Å²) < 4.78 is 49.3. The molecule has 0 N–H and O–H groups in total.